The number of carbonyl (C=O) groups excluding carboxylic acids is 2. The van der Waals surface area contributed by atoms with E-state index in [0.29, 0.717) is 5.69 Å². The molecule has 0 saturated carbocycles. The number of hydrogen-bond acceptors (Lipinski definition) is 5. The lowest BCUT2D eigenvalue weighted by molar-refractivity contribution is -0.136. The molecule has 0 aliphatic rings. The van der Waals surface area contributed by atoms with E-state index in [9.17, 15) is 9.59 Å². The Labute approximate surface area is 128 Å². The highest BCUT2D eigenvalue weighted by atomic mass is 16.3. The molecular weight excluding hydrogens is 284 g/mol. The number of pyridine rings is 1. The summed E-state index contributed by atoms with van der Waals surface area (Å²) >= 11 is 0. The van der Waals surface area contributed by atoms with Crippen LogP contribution in [-0.2, 0) is 9.59 Å². The first-order valence-corrected chi connectivity index (χ1v) is 6.77. The molecule has 0 aromatic carbocycles. The van der Waals surface area contributed by atoms with Gasteiger partial charge in [0.05, 0.1) is 12.3 Å². The van der Waals surface area contributed by atoms with Gasteiger partial charge in [0.25, 0.3) is 0 Å². The number of aromatic nitrogens is 1. The first-order valence-electron chi connectivity index (χ1n) is 6.77. The summed E-state index contributed by atoms with van der Waals surface area (Å²) in [6, 6.07) is 6.68. The van der Waals surface area contributed by atoms with Crippen LogP contribution in [0, 0.1) is 0 Å². The summed E-state index contributed by atoms with van der Waals surface area (Å²) in [7, 11) is 3.74. The Morgan fingerprint density at radius 3 is 2.55 bits per heavy atom. The number of hydrogen-bond donors (Lipinski definition) is 2. The number of carbonyl (C=O) groups is 2. The van der Waals surface area contributed by atoms with Gasteiger partial charge >= 0.3 is 11.8 Å². The number of anilines is 1. The Kier molecular flexibility index (Phi) is 5.26. The molecule has 2 N–H and O–H groups in total. The van der Waals surface area contributed by atoms with Crippen LogP contribution < -0.4 is 10.6 Å². The van der Waals surface area contributed by atoms with Gasteiger partial charge in [-0.3, -0.25) is 19.5 Å². The van der Waals surface area contributed by atoms with Gasteiger partial charge < -0.3 is 15.1 Å². The monoisotopic (exact) mass is 302 g/mol. The van der Waals surface area contributed by atoms with Gasteiger partial charge in [-0.1, -0.05) is 0 Å². The molecule has 116 valence electrons. The van der Waals surface area contributed by atoms with Crippen molar-refractivity contribution in [3.63, 3.8) is 0 Å². The summed E-state index contributed by atoms with van der Waals surface area (Å²) in [6.45, 7) is 0.267. The van der Waals surface area contributed by atoms with Crippen molar-refractivity contribution in [2.24, 2.45) is 0 Å². The third kappa shape index (κ3) is 4.16. The smallest absolute Gasteiger partial charge is 0.313 e. The van der Waals surface area contributed by atoms with Crippen LogP contribution in [0.2, 0.25) is 0 Å². The third-order valence-electron chi connectivity index (χ3n) is 3.10. The highest BCUT2D eigenvalue weighted by molar-refractivity contribution is 6.39. The molecule has 0 bridgehead atoms. The van der Waals surface area contributed by atoms with E-state index in [-0.39, 0.29) is 12.6 Å². The molecule has 0 spiro atoms. The van der Waals surface area contributed by atoms with Gasteiger partial charge in [0, 0.05) is 24.6 Å². The highest BCUT2D eigenvalue weighted by Gasteiger charge is 2.20. The molecule has 0 saturated heterocycles. The molecule has 0 fully saturated rings. The van der Waals surface area contributed by atoms with Crippen molar-refractivity contribution in [1.29, 1.82) is 0 Å². The Balaban J connectivity index is 1.89. The molecule has 2 aromatic rings. The zero-order valence-electron chi connectivity index (χ0n) is 12.4. The molecule has 2 aromatic heterocycles. The van der Waals surface area contributed by atoms with E-state index in [0.717, 1.165) is 5.76 Å². The lowest BCUT2D eigenvalue weighted by Crippen LogP contribution is -2.40. The average molecular weight is 302 g/mol. The largest absolute Gasteiger partial charge is 0.468 e. The molecule has 0 aliphatic heterocycles. The predicted octanol–water partition coefficient (Wildman–Crippen LogP) is 1.03. The van der Waals surface area contributed by atoms with E-state index in [1.165, 1.54) is 12.4 Å². The first-order chi connectivity index (χ1) is 10.6. The predicted molar refractivity (Wildman–Crippen MR) is 81.0 cm³/mol. The minimum atomic E-state index is -0.719. The fraction of sp³-hybridized carbons (Fsp3) is 0.267. The van der Waals surface area contributed by atoms with Crippen molar-refractivity contribution in [1.82, 2.24) is 15.2 Å². The maximum Gasteiger partial charge on any atom is 0.313 e. The van der Waals surface area contributed by atoms with Crippen molar-refractivity contribution in [2.45, 2.75) is 6.04 Å². The van der Waals surface area contributed by atoms with Crippen molar-refractivity contribution in [3.05, 3.63) is 48.7 Å². The van der Waals surface area contributed by atoms with Crippen molar-refractivity contribution < 1.29 is 14.0 Å². The number of nitrogens with one attached hydrogen (secondary N) is 2. The van der Waals surface area contributed by atoms with Crippen molar-refractivity contribution >= 4 is 17.5 Å². The molecule has 0 aliphatic carbocycles. The summed E-state index contributed by atoms with van der Waals surface area (Å²) in [4.78, 5) is 29.4. The molecule has 7 heteroatoms. The normalized spacial score (nSPS) is 12.0. The fourth-order valence-corrected chi connectivity index (χ4v) is 1.91. The molecule has 0 unspecified atom stereocenters. The Morgan fingerprint density at radius 1 is 1.23 bits per heavy atom. The van der Waals surface area contributed by atoms with Gasteiger partial charge in [0.1, 0.15) is 5.76 Å². The maximum absolute atomic E-state index is 11.9. The van der Waals surface area contributed by atoms with Crippen LogP contribution in [0.1, 0.15) is 11.8 Å². The van der Waals surface area contributed by atoms with Crippen LogP contribution in [0.25, 0.3) is 0 Å². The van der Waals surface area contributed by atoms with Crippen LogP contribution in [-0.4, -0.2) is 42.3 Å². The second-order valence-corrected chi connectivity index (χ2v) is 4.89. The molecule has 22 heavy (non-hydrogen) atoms. The second kappa shape index (κ2) is 7.37. The van der Waals surface area contributed by atoms with Gasteiger partial charge in [-0.05, 0) is 38.4 Å². The Morgan fingerprint density at radius 2 is 1.95 bits per heavy atom. The molecule has 7 nitrogen and oxygen atoms in total. The first kappa shape index (κ1) is 15.7. The number of rotatable bonds is 5. The molecule has 2 amide bonds. The number of likely N-dealkylation sites (N-methyl/N-ethyl adjacent to an activating group) is 1. The van der Waals surface area contributed by atoms with Gasteiger partial charge in [-0.2, -0.15) is 0 Å². The van der Waals surface area contributed by atoms with E-state index in [4.69, 9.17) is 4.42 Å². The zero-order chi connectivity index (χ0) is 15.9. The minimum absolute atomic E-state index is 0.146. The van der Waals surface area contributed by atoms with E-state index in [1.54, 1.807) is 24.5 Å². The molecule has 1 atom stereocenters. The number of furan rings is 1. The van der Waals surface area contributed by atoms with E-state index in [1.807, 2.05) is 25.1 Å². The number of nitrogens with zero attached hydrogens (tertiary/aromatic N) is 2. The lowest BCUT2D eigenvalue weighted by Gasteiger charge is -2.22. The van der Waals surface area contributed by atoms with Gasteiger partial charge in [0.2, 0.25) is 0 Å². The second-order valence-electron chi connectivity index (χ2n) is 4.89. The standard InChI is InChI=1S/C15H18N4O3/c1-19(2)12(13-4-3-9-22-13)10-17-14(20)15(21)18-11-5-7-16-8-6-11/h3-9,12H,10H2,1-2H3,(H,17,20)(H,16,18,21)/t12-/m1/s1. The molecule has 2 rings (SSSR count). The van der Waals surface area contributed by atoms with E-state index in [2.05, 4.69) is 15.6 Å². The quantitative estimate of drug-likeness (QED) is 0.806. The maximum atomic E-state index is 11.9. The van der Waals surface area contributed by atoms with Crippen LogP contribution in [0.4, 0.5) is 5.69 Å². The van der Waals surface area contributed by atoms with Crippen LogP contribution in [0.3, 0.4) is 0 Å². The van der Waals surface area contributed by atoms with Gasteiger partial charge in [-0.15, -0.1) is 0 Å². The third-order valence-corrected chi connectivity index (χ3v) is 3.10. The summed E-state index contributed by atoms with van der Waals surface area (Å²) < 4.78 is 5.34. The Hall–Kier alpha value is -2.67. The SMILES string of the molecule is CN(C)[C@H](CNC(=O)C(=O)Nc1ccncc1)c1ccco1. The van der Waals surface area contributed by atoms with Crippen molar-refractivity contribution in [2.75, 3.05) is 26.0 Å². The molecular formula is C15H18N4O3. The van der Waals surface area contributed by atoms with Crippen LogP contribution >= 0.6 is 0 Å². The van der Waals surface area contributed by atoms with E-state index < -0.39 is 11.8 Å². The topological polar surface area (TPSA) is 87.5 Å². The highest BCUT2D eigenvalue weighted by Crippen LogP contribution is 2.17. The molecule has 0 radical (unpaired) electrons. The summed E-state index contributed by atoms with van der Waals surface area (Å²) in [5, 5.41) is 5.11. The minimum Gasteiger partial charge on any atom is -0.468 e. The van der Waals surface area contributed by atoms with Crippen LogP contribution in [0.15, 0.2) is 47.3 Å². The van der Waals surface area contributed by atoms with Crippen molar-refractivity contribution in [3.8, 4) is 0 Å². The molecule has 2 heterocycles. The average Bonchev–Trinajstić information content (AvgIpc) is 3.02. The van der Waals surface area contributed by atoms with E-state index >= 15 is 0 Å². The Bertz CT molecular complexity index is 611. The summed E-state index contributed by atoms with van der Waals surface area (Å²) in [6.07, 6.45) is 4.64. The van der Waals surface area contributed by atoms with Gasteiger partial charge in [-0.25, -0.2) is 0 Å². The zero-order valence-corrected chi connectivity index (χ0v) is 12.4. The fourth-order valence-electron chi connectivity index (χ4n) is 1.91. The summed E-state index contributed by atoms with van der Waals surface area (Å²) in [5.74, 6) is -0.696. The number of amides is 2. The lowest BCUT2D eigenvalue weighted by atomic mass is 10.2. The summed E-state index contributed by atoms with van der Waals surface area (Å²) in [5.41, 5.74) is 0.519. The van der Waals surface area contributed by atoms with Gasteiger partial charge in [0.15, 0.2) is 0 Å². The van der Waals surface area contributed by atoms with Crippen LogP contribution in [0.5, 0.6) is 0 Å².